The van der Waals surface area contributed by atoms with Gasteiger partial charge in [-0.05, 0) is 30.9 Å². The monoisotopic (exact) mass is 207 g/mol. The third-order valence-corrected chi connectivity index (χ3v) is 2.88. The molecule has 1 aliphatic rings. The highest BCUT2D eigenvalue weighted by atomic mass is 16.5. The summed E-state index contributed by atoms with van der Waals surface area (Å²) in [6.45, 7) is 3.59. The van der Waals surface area contributed by atoms with Gasteiger partial charge in [-0.2, -0.15) is 0 Å². The fourth-order valence-corrected chi connectivity index (χ4v) is 2.18. The number of hydrogen-bond acceptors (Lipinski definition) is 4. The van der Waals surface area contributed by atoms with E-state index in [1.54, 1.807) is 0 Å². The van der Waals surface area contributed by atoms with Crippen molar-refractivity contribution in [2.75, 3.05) is 25.0 Å². The summed E-state index contributed by atoms with van der Waals surface area (Å²) in [5, 5.41) is 8.71. The molecule has 0 amide bonds. The lowest BCUT2D eigenvalue weighted by atomic mass is 9.95. The second kappa shape index (κ2) is 4.16. The number of aromatic nitrogens is 1. The van der Waals surface area contributed by atoms with Crippen LogP contribution in [0.3, 0.4) is 0 Å². The zero-order valence-electron chi connectivity index (χ0n) is 9.20. The molecule has 0 aliphatic carbocycles. The predicted molar refractivity (Wildman–Crippen MR) is 59.2 cm³/mol. The summed E-state index contributed by atoms with van der Waals surface area (Å²) in [7, 11) is 2.05. The van der Waals surface area contributed by atoms with Crippen LogP contribution in [0.4, 0.5) is 5.82 Å². The van der Waals surface area contributed by atoms with E-state index >= 15 is 0 Å². The summed E-state index contributed by atoms with van der Waals surface area (Å²) in [4.78, 5) is 6.69. The van der Waals surface area contributed by atoms with Gasteiger partial charge < -0.3 is 10.1 Å². The smallest absolute Gasteiger partial charge is 0.131 e. The molecule has 0 spiro atoms. The standard InChI is InChI=1S/C11H17N3O/c1-8-3-4-10-5-9(6-12-15)7-14(2)11(10)13-8/h3-4,9,12,15H,5-7H2,1-2H3. The van der Waals surface area contributed by atoms with E-state index in [0.29, 0.717) is 12.5 Å². The van der Waals surface area contributed by atoms with Crippen molar-refractivity contribution < 1.29 is 5.21 Å². The third kappa shape index (κ3) is 2.11. The normalized spacial score (nSPS) is 20.2. The lowest BCUT2D eigenvalue weighted by molar-refractivity contribution is 0.148. The Hall–Kier alpha value is -1.13. The first kappa shape index (κ1) is 10.4. The molecule has 0 saturated carbocycles. The third-order valence-electron chi connectivity index (χ3n) is 2.88. The molecule has 1 unspecified atom stereocenters. The Labute approximate surface area is 89.9 Å². The highest BCUT2D eigenvalue weighted by molar-refractivity contribution is 5.49. The van der Waals surface area contributed by atoms with Gasteiger partial charge in [-0.15, -0.1) is 0 Å². The van der Waals surface area contributed by atoms with Gasteiger partial charge in [0, 0.05) is 25.8 Å². The van der Waals surface area contributed by atoms with Crippen LogP contribution in [0.2, 0.25) is 0 Å². The van der Waals surface area contributed by atoms with E-state index in [2.05, 4.69) is 28.5 Å². The molecule has 0 radical (unpaired) electrons. The lowest BCUT2D eigenvalue weighted by Crippen LogP contribution is -2.37. The number of rotatable bonds is 2. The van der Waals surface area contributed by atoms with Crippen molar-refractivity contribution in [3.63, 3.8) is 0 Å². The summed E-state index contributed by atoms with van der Waals surface area (Å²) in [5.41, 5.74) is 4.58. The molecule has 1 aromatic rings. The van der Waals surface area contributed by atoms with Crippen molar-refractivity contribution in [1.82, 2.24) is 10.5 Å². The summed E-state index contributed by atoms with van der Waals surface area (Å²) >= 11 is 0. The Bertz CT molecular complexity index is 354. The second-order valence-electron chi connectivity index (χ2n) is 4.25. The van der Waals surface area contributed by atoms with Crippen LogP contribution in [0.1, 0.15) is 11.3 Å². The minimum atomic E-state index is 0.456. The molecule has 0 saturated heterocycles. The predicted octanol–water partition coefficient (Wildman–Crippen LogP) is 0.977. The van der Waals surface area contributed by atoms with Crippen molar-refractivity contribution in [2.24, 2.45) is 5.92 Å². The van der Waals surface area contributed by atoms with Gasteiger partial charge in [0.25, 0.3) is 0 Å². The van der Waals surface area contributed by atoms with Gasteiger partial charge in [0.1, 0.15) is 5.82 Å². The summed E-state index contributed by atoms with van der Waals surface area (Å²) in [5.74, 6) is 1.54. The molecule has 0 bridgehead atoms. The molecule has 1 aliphatic heterocycles. The largest absolute Gasteiger partial charge is 0.359 e. The fraction of sp³-hybridized carbons (Fsp3) is 0.545. The molecule has 4 heteroatoms. The van der Waals surface area contributed by atoms with Crippen LogP contribution in [-0.2, 0) is 6.42 Å². The van der Waals surface area contributed by atoms with Gasteiger partial charge in [-0.25, -0.2) is 10.5 Å². The Balaban J connectivity index is 2.24. The van der Waals surface area contributed by atoms with Gasteiger partial charge in [0.2, 0.25) is 0 Å². The van der Waals surface area contributed by atoms with Crippen molar-refractivity contribution in [3.05, 3.63) is 23.4 Å². The molecule has 0 fully saturated rings. The van der Waals surface area contributed by atoms with E-state index in [1.807, 2.05) is 13.0 Å². The molecule has 15 heavy (non-hydrogen) atoms. The van der Waals surface area contributed by atoms with Crippen LogP contribution in [-0.4, -0.2) is 30.3 Å². The minimum Gasteiger partial charge on any atom is -0.359 e. The average molecular weight is 207 g/mol. The van der Waals surface area contributed by atoms with Crippen molar-refractivity contribution >= 4 is 5.82 Å². The highest BCUT2D eigenvalue weighted by Gasteiger charge is 2.22. The number of nitrogens with zero attached hydrogens (tertiary/aromatic N) is 2. The maximum Gasteiger partial charge on any atom is 0.131 e. The van der Waals surface area contributed by atoms with Crippen LogP contribution in [0.15, 0.2) is 12.1 Å². The maximum absolute atomic E-state index is 8.71. The summed E-state index contributed by atoms with van der Waals surface area (Å²) < 4.78 is 0. The summed E-state index contributed by atoms with van der Waals surface area (Å²) in [6.07, 6.45) is 0.987. The summed E-state index contributed by atoms with van der Waals surface area (Å²) in [6, 6.07) is 4.18. The topological polar surface area (TPSA) is 48.4 Å². The van der Waals surface area contributed by atoms with Crippen LogP contribution in [0, 0.1) is 12.8 Å². The van der Waals surface area contributed by atoms with Gasteiger partial charge in [-0.3, -0.25) is 0 Å². The number of anilines is 1. The Morgan fingerprint density at radius 1 is 1.60 bits per heavy atom. The van der Waals surface area contributed by atoms with Crippen molar-refractivity contribution in [2.45, 2.75) is 13.3 Å². The highest BCUT2D eigenvalue weighted by Crippen LogP contribution is 2.26. The van der Waals surface area contributed by atoms with E-state index in [-0.39, 0.29) is 0 Å². The average Bonchev–Trinajstić information content (AvgIpc) is 2.20. The molecule has 1 atom stereocenters. The van der Waals surface area contributed by atoms with Crippen molar-refractivity contribution in [1.29, 1.82) is 0 Å². The van der Waals surface area contributed by atoms with Gasteiger partial charge in [0.05, 0.1) is 0 Å². The van der Waals surface area contributed by atoms with E-state index in [1.165, 1.54) is 5.56 Å². The number of hydrogen-bond donors (Lipinski definition) is 2. The first-order valence-electron chi connectivity index (χ1n) is 5.25. The van der Waals surface area contributed by atoms with Gasteiger partial charge in [-0.1, -0.05) is 6.07 Å². The first-order chi connectivity index (χ1) is 7.20. The number of hydroxylamine groups is 1. The molecule has 82 valence electrons. The SMILES string of the molecule is Cc1ccc2c(n1)N(C)CC(CNO)C2. The van der Waals surface area contributed by atoms with Gasteiger partial charge in [0.15, 0.2) is 0 Å². The molecular weight excluding hydrogens is 190 g/mol. The number of aryl methyl sites for hydroxylation is 1. The van der Waals surface area contributed by atoms with Gasteiger partial charge >= 0.3 is 0 Å². The lowest BCUT2D eigenvalue weighted by Gasteiger charge is -2.32. The molecule has 2 rings (SSSR count). The van der Waals surface area contributed by atoms with Crippen LogP contribution >= 0.6 is 0 Å². The molecule has 2 N–H and O–H groups in total. The minimum absolute atomic E-state index is 0.456. The van der Waals surface area contributed by atoms with Crippen LogP contribution in [0.5, 0.6) is 0 Å². The quantitative estimate of drug-likeness (QED) is 0.710. The Morgan fingerprint density at radius 3 is 3.13 bits per heavy atom. The fourth-order valence-electron chi connectivity index (χ4n) is 2.18. The van der Waals surface area contributed by atoms with Crippen LogP contribution in [0.25, 0.3) is 0 Å². The Kier molecular flexibility index (Phi) is 2.88. The van der Waals surface area contributed by atoms with Crippen molar-refractivity contribution in [3.8, 4) is 0 Å². The zero-order valence-corrected chi connectivity index (χ0v) is 9.20. The van der Waals surface area contributed by atoms with Crippen LogP contribution < -0.4 is 10.4 Å². The van der Waals surface area contributed by atoms with E-state index in [9.17, 15) is 0 Å². The number of pyridine rings is 1. The molecular formula is C11H17N3O. The molecule has 4 nitrogen and oxygen atoms in total. The molecule has 1 aromatic heterocycles. The molecule has 2 heterocycles. The van der Waals surface area contributed by atoms with E-state index in [0.717, 1.165) is 24.5 Å². The van der Waals surface area contributed by atoms with E-state index < -0.39 is 0 Å². The number of fused-ring (bicyclic) bond motifs is 1. The molecule has 0 aromatic carbocycles. The van der Waals surface area contributed by atoms with E-state index in [4.69, 9.17) is 5.21 Å². The Morgan fingerprint density at radius 2 is 2.40 bits per heavy atom. The zero-order chi connectivity index (χ0) is 10.8. The second-order valence-corrected chi connectivity index (χ2v) is 4.25. The number of nitrogens with one attached hydrogen (secondary N) is 1. The maximum atomic E-state index is 8.71. The first-order valence-corrected chi connectivity index (χ1v) is 5.25.